The van der Waals surface area contributed by atoms with Gasteiger partial charge in [0.2, 0.25) is 0 Å². The average Bonchev–Trinajstić information content (AvgIpc) is 2.58. The average molecular weight is 340 g/mol. The van der Waals surface area contributed by atoms with Crippen molar-refractivity contribution in [3.8, 4) is 0 Å². The first kappa shape index (κ1) is 16.6. The van der Waals surface area contributed by atoms with Gasteiger partial charge >= 0.3 is 0 Å². The minimum absolute atomic E-state index is 0.101. The van der Waals surface area contributed by atoms with Crippen molar-refractivity contribution < 1.29 is 8.42 Å². The van der Waals surface area contributed by atoms with Gasteiger partial charge in [-0.3, -0.25) is 4.98 Å². The van der Waals surface area contributed by atoms with Crippen LogP contribution in [-0.2, 0) is 9.84 Å². The number of rotatable bonds is 6. The minimum Gasteiger partial charge on any atom is -0.304 e. The fraction of sp³-hybridized carbons (Fsp3) is 0.211. The Morgan fingerprint density at radius 2 is 1.67 bits per heavy atom. The van der Waals surface area contributed by atoms with Gasteiger partial charge in [0.1, 0.15) is 9.84 Å². The van der Waals surface area contributed by atoms with E-state index >= 15 is 0 Å². The number of para-hydroxylation sites is 1. The highest BCUT2D eigenvalue weighted by Gasteiger charge is 2.16. The molecule has 3 aromatic rings. The molecule has 0 amide bonds. The molecule has 0 radical (unpaired) electrons. The molecule has 0 fully saturated rings. The fourth-order valence-corrected chi connectivity index (χ4v) is 3.16. The zero-order chi connectivity index (χ0) is 17.0. The molecule has 2 aromatic carbocycles. The number of hydrogen-bond donors (Lipinski definition) is 1. The SMILES string of the molecule is CS(=O)(=O)CCN[C@@H](c1ccccc1)c1ccc2ccccc2n1. The summed E-state index contributed by atoms with van der Waals surface area (Å²) in [5.41, 5.74) is 2.88. The topological polar surface area (TPSA) is 59.1 Å². The third kappa shape index (κ3) is 4.19. The van der Waals surface area contributed by atoms with Crippen LogP contribution in [0.15, 0.2) is 66.7 Å². The second-order valence-corrected chi connectivity index (χ2v) is 8.12. The second-order valence-electron chi connectivity index (χ2n) is 5.86. The number of sulfone groups is 1. The lowest BCUT2D eigenvalue weighted by Gasteiger charge is -2.19. The molecule has 0 spiro atoms. The van der Waals surface area contributed by atoms with E-state index in [0.717, 1.165) is 22.2 Å². The zero-order valence-electron chi connectivity index (χ0n) is 13.5. The van der Waals surface area contributed by atoms with Gasteiger partial charge in [-0.25, -0.2) is 8.42 Å². The summed E-state index contributed by atoms with van der Waals surface area (Å²) < 4.78 is 22.8. The molecule has 0 aliphatic heterocycles. The van der Waals surface area contributed by atoms with Crippen LogP contribution in [0.1, 0.15) is 17.3 Å². The molecule has 5 heteroatoms. The minimum atomic E-state index is -3.00. The van der Waals surface area contributed by atoms with Crippen LogP contribution in [-0.4, -0.2) is 32.0 Å². The molecule has 4 nitrogen and oxygen atoms in total. The molecule has 0 unspecified atom stereocenters. The lowest BCUT2D eigenvalue weighted by Crippen LogP contribution is -2.28. The lowest BCUT2D eigenvalue weighted by atomic mass is 10.0. The normalized spacial score (nSPS) is 13.0. The maximum Gasteiger partial charge on any atom is 0.148 e. The summed E-state index contributed by atoms with van der Waals surface area (Å²) in [6.07, 6.45) is 1.25. The van der Waals surface area contributed by atoms with Gasteiger partial charge in [0.05, 0.1) is 23.0 Å². The highest BCUT2D eigenvalue weighted by atomic mass is 32.2. The summed E-state index contributed by atoms with van der Waals surface area (Å²) in [7, 11) is -3.00. The van der Waals surface area contributed by atoms with Crippen LogP contribution in [0.3, 0.4) is 0 Å². The van der Waals surface area contributed by atoms with Crippen LogP contribution < -0.4 is 5.32 Å². The molecule has 1 aromatic heterocycles. The largest absolute Gasteiger partial charge is 0.304 e. The molecular formula is C19H20N2O2S. The number of hydrogen-bond acceptors (Lipinski definition) is 4. The summed E-state index contributed by atoms with van der Waals surface area (Å²) in [5.74, 6) is 0.101. The molecule has 3 rings (SSSR count). The Morgan fingerprint density at radius 1 is 0.958 bits per heavy atom. The Labute approximate surface area is 142 Å². The standard InChI is InChI=1S/C19H20N2O2S/c1-24(22,23)14-13-20-19(16-8-3-2-4-9-16)18-12-11-15-7-5-6-10-17(15)21-18/h2-12,19-20H,13-14H2,1H3/t19-/m0/s1. The molecule has 1 N–H and O–H groups in total. The van der Waals surface area contributed by atoms with E-state index in [1.54, 1.807) is 0 Å². The Kier molecular flexibility index (Phi) is 4.92. The van der Waals surface area contributed by atoms with Gasteiger partial charge in [0.15, 0.2) is 0 Å². The number of nitrogens with one attached hydrogen (secondary N) is 1. The quantitative estimate of drug-likeness (QED) is 0.749. The molecule has 124 valence electrons. The monoisotopic (exact) mass is 340 g/mol. The van der Waals surface area contributed by atoms with Crippen molar-refractivity contribution in [2.45, 2.75) is 6.04 Å². The third-order valence-electron chi connectivity index (χ3n) is 3.87. The first-order valence-corrected chi connectivity index (χ1v) is 9.91. The molecule has 0 bridgehead atoms. The predicted octanol–water partition coefficient (Wildman–Crippen LogP) is 2.96. The van der Waals surface area contributed by atoms with Gasteiger partial charge < -0.3 is 5.32 Å². The van der Waals surface area contributed by atoms with Gasteiger partial charge in [-0.05, 0) is 17.7 Å². The van der Waals surface area contributed by atoms with Crippen molar-refractivity contribution in [2.75, 3.05) is 18.6 Å². The van der Waals surface area contributed by atoms with Gasteiger partial charge in [0, 0.05) is 18.2 Å². The van der Waals surface area contributed by atoms with Crippen LogP contribution in [0.5, 0.6) is 0 Å². The Hall–Kier alpha value is -2.24. The van der Waals surface area contributed by atoms with Crippen molar-refractivity contribution in [3.63, 3.8) is 0 Å². The summed E-state index contributed by atoms with van der Waals surface area (Å²) in [6.45, 7) is 0.382. The maximum absolute atomic E-state index is 11.4. The van der Waals surface area contributed by atoms with Crippen molar-refractivity contribution >= 4 is 20.7 Å². The summed E-state index contributed by atoms with van der Waals surface area (Å²) in [5, 5.41) is 4.42. The number of pyridine rings is 1. The van der Waals surface area contributed by atoms with E-state index in [-0.39, 0.29) is 11.8 Å². The highest BCUT2D eigenvalue weighted by molar-refractivity contribution is 7.90. The predicted molar refractivity (Wildman–Crippen MR) is 97.7 cm³/mol. The van der Waals surface area contributed by atoms with E-state index < -0.39 is 9.84 Å². The molecule has 0 aliphatic rings. The van der Waals surface area contributed by atoms with Crippen molar-refractivity contribution in [2.24, 2.45) is 0 Å². The zero-order valence-corrected chi connectivity index (χ0v) is 14.3. The Morgan fingerprint density at radius 3 is 2.42 bits per heavy atom. The van der Waals surface area contributed by atoms with Gasteiger partial charge in [-0.1, -0.05) is 54.6 Å². The summed E-state index contributed by atoms with van der Waals surface area (Å²) in [4.78, 5) is 4.76. The van der Waals surface area contributed by atoms with Gasteiger partial charge in [-0.15, -0.1) is 0 Å². The highest BCUT2D eigenvalue weighted by Crippen LogP contribution is 2.22. The fourth-order valence-electron chi connectivity index (χ4n) is 2.67. The van der Waals surface area contributed by atoms with E-state index in [9.17, 15) is 8.42 Å². The molecule has 24 heavy (non-hydrogen) atoms. The van der Waals surface area contributed by atoms with Crippen LogP contribution in [0.25, 0.3) is 10.9 Å². The van der Waals surface area contributed by atoms with Crippen molar-refractivity contribution in [1.82, 2.24) is 10.3 Å². The summed E-state index contributed by atoms with van der Waals surface area (Å²) in [6, 6.07) is 21.8. The molecule has 0 saturated heterocycles. The van der Waals surface area contributed by atoms with E-state index in [0.29, 0.717) is 6.54 Å². The Balaban J connectivity index is 1.93. The lowest BCUT2D eigenvalue weighted by molar-refractivity contribution is 0.583. The van der Waals surface area contributed by atoms with Crippen LogP contribution in [0, 0.1) is 0 Å². The first-order chi connectivity index (χ1) is 11.5. The number of aromatic nitrogens is 1. The second kappa shape index (κ2) is 7.11. The first-order valence-electron chi connectivity index (χ1n) is 7.85. The van der Waals surface area contributed by atoms with E-state index in [1.165, 1.54) is 6.26 Å². The number of benzene rings is 2. The third-order valence-corrected chi connectivity index (χ3v) is 4.82. The number of fused-ring (bicyclic) bond motifs is 1. The Bertz CT molecular complexity index is 924. The molecule has 1 atom stereocenters. The molecule has 0 aliphatic carbocycles. The van der Waals surface area contributed by atoms with Gasteiger partial charge in [0.25, 0.3) is 0 Å². The van der Waals surface area contributed by atoms with E-state index in [4.69, 9.17) is 4.98 Å². The van der Waals surface area contributed by atoms with Gasteiger partial charge in [-0.2, -0.15) is 0 Å². The molecular weight excluding hydrogens is 320 g/mol. The molecule has 0 saturated carbocycles. The number of nitrogens with zero attached hydrogens (tertiary/aromatic N) is 1. The van der Waals surface area contributed by atoms with Crippen molar-refractivity contribution in [3.05, 3.63) is 78.0 Å². The van der Waals surface area contributed by atoms with Crippen LogP contribution in [0.2, 0.25) is 0 Å². The van der Waals surface area contributed by atoms with E-state index in [1.807, 2.05) is 66.7 Å². The molecule has 1 heterocycles. The van der Waals surface area contributed by atoms with Crippen LogP contribution >= 0.6 is 0 Å². The van der Waals surface area contributed by atoms with Crippen molar-refractivity contribution in [1.29, 1.82) is 0 Å². The van der Waals surface area contributed by atoms with E-state index in [2.05, 4.69) is 5.32 Å². The smallest absolute Gasteiger partial charge is 0.148 e. The summed E-state index contributed by atoms with van der Waals surface area (Å²) >= 11 is 0. The maximum atomic E-state index is 11.4. The van der Waals surface area contributed by atoms with Crippen LogP contribution in [0.4, 0.5) is 0 Å².